The van der Waals surface area contributed by atoms with Crippen molar-refractivity contribution in [1.82, 2.24) is 9.21 Å². The molecule has 2 aromatic carbocycles. The van der Waals surface area contributed by atoms with E-state index in [1.165, 1.54) is 31.4 Å². The number of hydrogen-bond acceptors (Lipinski definition) is 7. The van der Waals surface area contributed by atoms with Gasteiger partial charge in [-0.05, 0) is 48.6 Å². The number of carboxylic acid groups (broad SMARTS) is 1. The van der Waals surface area contributed by atoms with Crippen molar-refractivity contribution in [2.45, 2.75) is 49.8 Å². The second kappa shape index (κ2) is 12.5. The molecule has 0 unspecified atom stereocenters. The zero-order valence-electron chi connectivity index (χ0n) is 21.8. The van der Waals surface area contributed by atoms with E-state index in [2.05, 4.69) is 0 Å². The van der Waals surface area contributed by atoms with Crippen molar-refractivity contribution in [3.05, 3.63) is 60.2 Å². The molecule has 1 heterocycles. The summed E-state index contributed by atoms with van der Waals surface area (Å²) in [6, 6.07) is 12.9. The maximum atomic E-state index is 13.6. The Kier molecular flexibility index (Phi) is 9.80. The number of methoxy groups -OCH3 is 1. The molecule has 2 N–H and O–H groups in total. The Balaban J connectivity index is 1.98. The predicted molar refractivity (Wildman–Crippen MR) is 143 cm³/mol. The number of rotatable bonds is 12. The Morgan fingerprint density at radius 2 is 1.71 bits per heavy atom. The Bertz CT molecular complexity index is 1280. The lowest BCUT2D eigenvalue weighted by atomic mass is 9.97. The molecule has 38 heavy (non-hydrogen) atoms. The number of benzene rings is 2. The quantitative estimate of drug-likeness (QED) is 0.398. The van der Waals surface area contributed by atoms with Gasteiger partial charge in [0.2, 0.25) is 10.0 Å². The number of sulfonamides is 1. The minimum Gasteiger partial charge on any atom is -0.497 e. The van der Waals surface area contributed by atoms with Crippen LogP contribution in [0.5, 0.6) is 5.75 Å². The van der Waals surface area contributed by atoms with Crippen LogP contribution in [-0.4, -0.2) is 92.2 Å². The Morgan fingerprint density at radius 1 is 1.08 bits per heavy atom. The van der Waals surface area contributed by atoms with Crippen molar-refractivity contribution in [2.24, 2.45) is 5.92 Å². The Labute approximate surface area is 224 Å². The molecule has 10 nitrogen and oxygen atoms in total. The highest BCUT2D eigenvalue weighted by Crippen LogP contribution is 2.26. The van der Waals surface area contributed by atoms with Crippen molar-refractivity contribution in [3.63, 3.8) is 0 Å². The molecule has 0 saturated carbocycles. The van der Waals surface area contributed by atoms with Crippen LogP contribution in [0.15, 0.2) is 59.5 Å². The predicted octanol–water partition coefficient (Wildman–Crippen LogP) is 2.48. The van der Waals surface area contributed by atoms with E-state index in [4.69, 9.17) is 4.74 Å². The van der Waals surface area contributed by atoms with Crippen molar-refractivity contribution < 1.29 is 36.6 Å². The third-order valence-electron chi connectivity index (χ3n) is 6.57. The van der Waals surface area contributed by atoms with E-state index in [1.54, 1.807) is 30.3 Å². The van der Waals surface area contributed by atoms with E-state index in [0.717, 1.165) is 14.8 Å². The highest BCUT2D eigenvalue weighted by Gasteiger charge is 2.42. The fourth-order valence-corrected chi connectivity index (χ4v) is 8.08. The van der Waals surface area contributed by atoms with Crippen LogP contribution in [0, 0.1) is 5.92 Å². The second-order valence-electron chi connectivity index (χ2n) is 9.96. The maximum Gasteiger partial charge on any atom is 0.407 e. The molecule has 0 spiro atoms. The molecule has 1 saturated heterocycles. The zero-order valence-corrected chi connectivity index (χ0v) is 23.4. The molecule has 2 aromatic rings. The summed E-state index contributed by atoms with van der Waals surface area (Å²) in [6.07, 6.45) is -2.59. The highest BCUT2D eigenvalue weighted by molar-refractivity contribution is 7.91. The summed E-state index contributed by atoms with van der Waals surface area (Å²) >= 11 is 0. The Morgan fingerprint density at radius 3 is 2.21 bits per heavy atom. The third-order valence-corrected chi connectivity index (χ3v) is 10.2. The largest absolute Gasteiger partial charge is 0.497 e. The fourth-order valence-electron chi connectivity index (χ4n) is 4.74. The fraction of sp³-hybridized carbons (Fsp3) is 0.500. The molecule has 12 heteroatoms. The maximum absolute atomic E-state index is 13.6. The van der Waals surface area contributed by atoms with Crippen LogP contribution in [0.25, 0.3) is 0 Å². The summed E-state index contributed by atoms with van der Waals surface area (Å²) in [4.78, 5) is 13.5. The van der Waals surface area contributed by atoms with E-state index < -0.39 is 44.1 Å². The first-order valence-electron chi connectivity index (χ1n) is 12.4. The van der Waals surface area contributed by atoms with Gasteiger partial charge in [-0.1, -0.05) is 44.2 Å². The second-order valence-corrected chi connectivity index (χ2v) is 14.1. The minimum absolute atomic E-state index is 0.0164. The van der Waals surface area contributed by atoms with Gasteiger partial charge < -0.3 is 14.9 Å². The van der Waals surface area contributed by atoms with Gasteiger partial charge in [0.15, 0.2) is 9.84 Å². The van der Waals surface area contributed by atoms with Gasteiger partial charge in [-0.2, -0.15) is 4.31 Å². The third kappa shape index (κ3) is 7.46. The van der Waals surface area contributed by atoms with Crippen molar-refractivity contribution in [3.8, 4) is 5.75 Å². The average molecular weight is 569 g/mol. The van der Waals surface area contributed by atoms with E-state index in [-0.39, 0.29) is 48.3 Å². The van der Waals surface area contributed by atoms with Crippen LogP contribution < -0.4 is 4.74 Å². The highest BCUT2D eigenvalue weighted by atomic mass is 32.2. The van der Waals surface area contributed by atoms with Crippen molar-refractivity contribution in [2.75, 3.05) is 31.7 Å². The van der Waals surface area contributed by atoms with Crippen LogP contribution >= 0.6 is 0 Å². The molecule has 0 bridgehead atoms. The molecule has 0 radical (unpaired) electrons. The summed E-state index contributed by atoms with van der Waals surface area (Å²) < 4.78 is 57.8. The van der Waals surface area contributed by atoms with Gasteiger partial charge in [0.25, 0.3) is 0 Å². The molecular formula is C26H36N2O8S2. The zero-order chi connectivity index (χ0) is 28.1. The first-order valence-corrected chi connectivity index (χ1v) is 15.7. The number of aliphatic hydroxyl groups excluding tert-OH is 1. The molecular weight excluding hydrogens is 532 g/mol. The summed E-state index contributed by atoms with van der Waals surface area (Å²) in [5, 5.41) is 21.6. The molecule has 3 rings (SSSR count). The van der Waals surface area contributed by atoms with Crippen LogP contribution in [-0.2, 0) is 26.3 Å². The van der Waals surface area contributed by atoms with Gasteiger partial charge in [-0.3, -0.25) is 4.90 Å². The number of carbonyl (C=O) groups is 1. The van der Waals surface area contributed by atoms with Crippen LogP contribution in [0.2, 0.25) is 0 Å². The standard InChI is InChI=1S/C26H36N2O8S2/c1-19(2)16-27(38(34,35)23-11-9-22(36-3)10-12-23)17-25(29)24(15-20-7-5-4-6-8-20)28(26(30)31)21-13-14-37(32,33)18-21/h4-12,19,21,24-25,29H,13-18H2,1-3H3,(H,30,31)/t21-,24-,25+/m0/s1. The lowest BCUT2D eigenvalue weighted by Gasteiger charge is -2.38. The molecule has 1 aliphatic rings. The molecule has 1 aliphatic heterocycles. The molecule has 1 fully saturated rings. The van der Waals surface area contributed by atoms with Crippen LogP contribution in [0.1, 0.15) is 25.8 Å². The number of ether oxygens (including phenoxy) is 1. The summed E-state index contributed by atoms with van der Waals surface area (Å²) in [6.45, 7) is 3.41. The van der Waals surface area contributed by atoms with E-state index in [0.29, 0.717) is 5.75 Å². The van der Waals surface area contributed by atoms with Crippen molar-refractivity contribution in [1.29, 1.82) is 0 Å². The molecule has 0 aromatic heterocycles. The van der Waals surface area contributed by atoms with E-state index in [9.17, 15) is 31.8 Å². The molecule has 0 aliphatic carbocycles. The van der Waals surface area contributed by atoms with Gasteiger partial charge in [0.05, 0.1) is 41.7 Å². The topological polar surface area (TPSA) is 142 Å². The Hall–Kier alpha value is -2.67. The van der Waals surface area contributed by atoms with Gasteiger partial charge in [-0.15, -0.1) is 0 Å². The SMILES string of the molecule is COc1ccc(S(=O)(=O)N(CC(C)C)C[C@@H](O)[C@H](Cc2ccccc2)N(C(=O)O)[C@H]2CCS(=O)(=O)C2)cc1. The van der Waals surface area contributed by atoms with Crippen molar-refractivity contribution >= 4 is 26.0 Å². The molecule has 3 atom stereocenters. The monoisotopic (exact) mass is 568 g/mol. The molecule has 210 valence electrons. The first-order chi connectivity index (χ1) is 17.8. The summed E-state index contributed by atoms with van der Waals surface area (Å²) in [5.41, 5.74) is 0.733. The lowest BCUT2D eigenvalue weighted by molar-refractivity contribution is 0.0229. The average Bonchev–Trinajstić information content (AvgIpc) is 3.22. The summed E-state index contributed by atoms with van der Waals surface area (Å²) in [5.74, 6) is -0.0674. The normalized spacial score (nSPS) is 18.8. The van der Waals surface area contributed by atoms with Gasteiger partial charge >= 0.3 is 6.09 Å². The van der Waals surface area contributed by atoms with Gasteiger partial charge in [0, 0.05) is 13.1 Å². The lowest BCUT2D eigenvalue weighted by Crippen LogP contribution is -2.56. The number of hydrogen-bond donors (Lipinski definition) is 2. The van der Waals surface area contributed by atoms with Gasteiger partial charge in [-0.25, -0.2) is 21.6 Å². The number of nitrogens with zero attached hydrogens (tertiary/aromatic N) is 2. The van der Waals surface area contributed by atoms with E-state index >= 15 is 0 Å². The van der Waals surface area contributed by atoms with E-state index in [1.807, 2.05) is 13.8 Å². The summed E-state index contributed by atoms with van der Waals surface area (Å²) in [7, 11) is -5.99. The smallest absolute Gasteiger partial charge is 0.407 e. The number of amides is 1. The molecule has 1 amide bonds. The number of aliphatic hydroxyl groups is 1. The van der Waals surface area contributed by atoms with Crippen LogP contribution in [0.3, 0.4) is 0 Å². The number of sulfone groups is 1. The van der Waals surface area contributed by atoms with Gasteiger partial charge in [0.1, 0.15) is 5.75 Å². The first kappa shape index (κ1) is 29.9. The minimum atomic E-state index is -4.05. The van der Waals surface area contributed by atoms with Crippen LogP contribution in [0.4, 0.5) is 4.79 Å².